The van der Waals surface area contributed by atoms with Gasteiger partial charge in [0.2, 0.25) is 10.0 Å². The number of rotatable bonds is 6. The van der Waals surface area contributed by atoms with Gasteiger partial charge in [-0.3, -0.25) is 0 Å². The second-order valence-electron chi connectivity index (χ2n) is 5.71. The summed E-state index contributed by atoms with van der Waals surface area (Å²) in [5, 5.41) is 10.2. The fraction of sp³-hybridized carbons (Fsp3) is 0.625. The molecule has 124 valence electrons. The second-order valence-corrected chi connectivity index (χ2v) is 8.48. The van der Waals surface area contributed by atoms with E-state index in [1.54, 1.807) is 23.9 Å². The summed E-state index contributed by atoms with van der Waals surface area (Å²) < 4.78 is 27.5. The quantitative estimate of drug-likeness (QED) is 0.806. The summed E-state index contributed by atoms with van der Waals surface area (Å²) in [7, 11) is -3.56. The van der Waals surface area contributed by atoms with Gasteiger partial charge in [0.1, 0.15) is 0 Å². The van der Waals surface area contributed by atoms with Crippen molar-refractivity contribution in [1.82, 2.24) is 4.31 Å². The Morgan fingerprint density at radius 2 is 1.86 bits per heavy atom. The molecule has 1 aliphatic carbocycles. The van der Waals surface area contributed by atoms with Gasteiger partial charge in [0, 0.05) is 11.4 Å². The zero-order chi connectivity index (χ0) is 16.2. The van der Waals surface area contributed by atoms with Crippen LogP contribution in [-0.4, -0.2) is 42.8 Å². The van der Waals surface area contributed by atoms with Crippen molar-refractivity contribution in [2.45, 2.75) is 61.0 Å². The van der Waals surface area contributed by atoms with Gasteiger partial charge in [0.25, 0.3) is 0 Å². The van der Waals surface area contributed by atoms with Crippen molar-refractivity contribution in [1.29, 1.82) is 0 Å². The maximum Gasteiger partial charge on any atom is 0.243 e. The first-order valence-electron chi connectivity index (χ1n) is 7.84. The van der Waals surface area contributed by atoms with Gasteiger partial charge in [-0.25, -0.2) is 8.42 Å². The number of thioether (sulfide) groups is 1. The van der Waals surface area contributed by atoms with Crippen LogP contribution in [0.1, 0.15) is 39.0 Å². The molecule has 0 amide bonds. The zero-order valence-corrected chi connectivity index (χ0v) is 14.9. The predicted octanol–water partition coefficient (Wildman–Crippen LogP) is 3.11. The molecular weight excluding hydrogens is 318 g/mol. The lowest BCUT2D eigenvalue weighted by atomic mass is 9.92. The maximum atomic E-state index is 13.0. The fourth-order valence-electron chi connectivity index (χ4n) is 3.00. The molecule has 0 spiro atoms. The summed E-state index contributed by atoms with van der Waals surface area (Å²) >= 11 is 1.59. The van der Waals surface area contributed by atoms with Crippen molar-refractivity contribution in [3.63, 3.8) is 0 Å². The number of benzene rings is 1. The Kier molecular flexibility index (Phi) is 6.32. The van der Waals surface area contributed by atoms with E-state index in [1.807, 2.05) is 25.3 Å². The lowest BCUT2D eigenvalue weighted by Gasteiger charge is -2.36. The van der Waals surface area contributed by atoms with Crippen LogP contribution < -0.4 is 0 Å². The number of nitrogens with zero attached hydrogens (tertiary/aromatic N) is 1. The van der Waals surface area contributed by atoms with Crippen LogP contribution in [0.15, 0.2) is 34.1 Å². The van der Waals surface area contributed by atoms with E-state index < -0.39 is 16.1 Å². The lowest BCUT2D eigenvalue weighted by molar-refractivity contribution is 0.0557. The van der Waals surface area contributed by atoms with Crippen molar-refractivity contribution in [3.8, 4) is 0 Å². The molecule has 1 fully saturated rings. The normalized spacial score (nSPS) is 22.9. The van der Waals surface area contributed by atoms with Gasteiger partial charge in [-0.1, -0.05) is 19.8 Å². The van der Waals surface area contributed by atoms with Crippen LogP contribution in [0.3, 0.4) is 0 Å². The molecule has 2 atom stereocenters. The standard InChI is InChI=1S/C16H25NO3S2/c1-3-12-17(15-6-4-5-7-16(15)18)22(19,20)14-10-8-13(21-2)9-11-14/h8-11,15-16,18H,3-7,12H2,1-2H3/t15-,16-/m1/s1. The summed E-state index contributed by atoms with van der Waals surface area (Å²) in [5.41, 5.74) is 0. The molecule has 22 heavy (non-hydrogen) atoms. The van der Waals surface area contributed by atoms with Crippen LogP contribution in [0.5, 0.6) is 0 Å². The smallest absolute Gasteiger partial charge is 0.243 e. The average Bonchev–Trinajstić information content (AvgIpc) is 2.53. The minimum Gasteiger partial charge on any atom is -0.391 e. The summed E-state index contributed by atoms with van der Waals surface area (Å²) in [5.74, 6) is 0. The molecule has 0 aliphatic heterocycles. The van der Waals surface area contributed by atoms with Crippen molar-refractivity contribution >= 4 is 21.8 Å². The van der Waals surface area contributed by atoms with Gasteiger partial charge in [0.05, 0.1) is 17.0 Å². The van der Waals surface area contributed by atoms with Crippen LogP contribution >= 0.6 is 11.8 Å². The summed E-state index contributed by atoms with van der Waals surface area (Å²) in [4.78, 5) is 1.36. The largest absolute Gasteiger partial charge is 0.391 e. The Hall–Kier alpha value is -0.560. The molecule has 0 bridgehead atoms. The van der Waals surface area contributed by atoms with Gasteiger partial charge >= 0.3 is 0 Å². The van der Waals surface area contributed by atoms with Crippen LogP contribution in [0, 0.1) is 0 Å². The third kappa shape index (κ3) is 3.85. The molecule has 0 heterocycles. The highest BCUT2D eigenvalue weighted by Gasteiger charge is 2.36. The first-order chi connectivity index (χ1) is 10.5. The van der Waals surface area contributed by atoms with E-state index in [0.717, 1.165) is 30.6 Å². The zero-order valence-electron chi connectivity index (χ0n) is 13.2. The Balaban J connectivity index is 2.31. The fourth-order valence-corrected chi connectivity index (χ4v) is 5.18. The minimum atomic E-state index is -3.56. The first-order valence-corrected chi connectivity index (χ1v) is 10.5. The van der Waals surface area contributed by atoms with E-state index in [1.165, 1.54) is 4.31 Å². The maximum absolute atomic E-state index is 13.0. The number of hydrogen-bond acceptors (Lipinski definition) is 4. The molecule has 1 N–H and O–H groups in total. The molecule has 2 rings (SSSR count). The third-order valence-electron chi connectivity index (χ3n) is 4.17. The van der Waals surface area contributed by atoms with Crippen LogP contribution in [0.2, 0.25) is 0 Å². The van der Waals surface area contributed by atoms with Gasteiger partial charge < -0.3 is 5.11 Å². The van der Waals surface area contributed by atoms with E-state index in [2.05, 4.69) is 0 Å². The molecule has 1 aromatic carbocycles. The molecule has 0 radical (unpaired) electrons. The molecule has 0 saturated heterocycles. The Morgan fingerprint density at radius 1 is 1.23 bits per heavy atom. The van der Waals surface area contributed by atoms with Gasteiger partial charge in [-0.05, 0) is 49.8 Å². The Morgan fingerprint density at radius 3 is 2.41 bits per heavy atom. The minimum absolute atomic E-state index is 0.293. The molecule has 0 unspecified atom stereocenters. The lowest BCUT2D eigenvalue weighted by Crippen LogP contribution is -2.48. The van der Waals surface area contributed by atoms with Gasteiger partial charge in [-0.2, -0.15) is 4.31 Å². The monoisotopic (exact) mass is 343 g/mol. The second kappa shape index (κ2) is 7.81. The molecule has 1 aromatic rings. The van der Waals surface area contributed by atoms with E-state index >= 15 is 0 Å². The van der Waals surface area contributed by atoms with Crippen molar-refractivity contribution in [3.05, 3.63) is 24.3 Å². The predicted molar refractivity (Wildman–Crippen MR) is 90.7 cm³/mol. The van der Waals surface area contributed by atoms with Gasteiger partial charge in [-0.15, -0.1) is 11.8 Å². The van der Waals surface area contributed by atoms with Gasteiger partial charge in [0.15, 0.2) is 0 Å². The van der Waals surface area contributed by atoms with Crippen LogP contribution in [0.25, 0.3) is 0 Å². The first kappa shape index (κ1) is 17.8. The highest BCUT2D eigenvalue weighted by Crippen LogP contribution is 2.29. The Labute approximate surface area is 138 Å². The van der Waals surface area contributed by atoms with E-state index in [9.17, 15) is 13.5 Å². The molecule has 0 aromatic heterocycles. The van der Waals surface area contributed by atoms with E-state index in [-0.39, 0.29) is 6.04 Å². The van der Waals surface area contributed by atoms with E-state index in [0.29, 0.717) is 17.9 Å². The Bertz CT molecular complexity index is 572. The average molecular weight is 344 g/mol. The van der Waals surface area contributed by atoms with E-state index in [4.69, 9.17) is 0 Å². The van der Waals surface area contributed by atoms with Crippen molar-refractivity contribution in [2.75, 3.05) is 12.8 Å². The number of aliphatic hydroxyl groups excluding tert-OH is 1. The molecule has 1 aliphatic rings. The highest BCUT2D eigenvalue weighted by atomic mass is 32.2. The third-order valence-corrected chi connectivity index (χ3v) is 6.86. The topological polar surface area (TPSA) is 57.6 Å². The highest BCUT2D eigenvalue weighted by molar-refractivity contribution is 7.98. The number of hydrogen-bond donors (Lipinski definition) is 1. The van der Waals surface area contributed by atoms with Crippen molar-refractivity contribution in [2.24, 2.45) is 0 Å². The molecule has 6 heteroatoms. The van der Waals surface area contributed by atoms with Crippen LogP contribution in [0.4, 0.5) is 0 Å². The number of sulfonamides is 1. The summed E-state index contributed by atoms with van der Waals surface area (Å²) in [6.07, 6.45) is 5.52. The summed E-state index contributed by atoms with van der Waals surface area (Å²) in [6.45, 7) is 2.42. The summed E-state index contributed by atoms with van der Waals surface area (Å²) in [6, 6.07) is 6.70. The SMILES string of the molecule is CCCN([C@@H]1CCCC[C@H]1O)S(=O)(=O)c1ccc(SC)cc1. The molecular formula is C16H25NO3S2. The molecule has 1 saturated carbocycles. The van der Waals surface area contributed by atoms with Crippen molar-refractivity contribution < 1.29 is 13.5 Å². The number of aliphatic hydroxyl groups is 1. The van der Waals surface area contributed by atoms with Crippen LogP contribution in [-0.2, 0) is 10.0 Å². The molecule has 4 nitrogen and oxygen atoms in total.